The Balaban J connectivity index is 2.12. The van der Waals surface area contributed by atoms with Crippen LogP contribution in [0.5, 0.6) is 0 Å². The molecule has 1 aliphatic heterocycles. The molecule has 1 heterocycles. The summed E-state index contributed by atoms with van der Waals surface area (Å²) < 4.78 is 21.9. The van der Waals surface area contributed by atoms with E-state index in [-0.39, 0.29) is 19.0 Å². The maximum atomic E-state index is 12.5. The normalized spacial score (nSPS) is 20.8. The van der Waals surface area contributed by atoms with Crippen molar-refractivity contribution in [1.29, 1.82) is 0 Å². The second kappa shape index (κ2) is 34.1. The molecule has 1 fully saturated rings. The molecule has 0 aromatic heterocycles. The molecular weight excluding hydrogens is 644 g/mol. The Morgan fingerprint density at radius 2 is 0.941 bits per heavy atom. The van der Waals surface area contributed by atoms with Gasteiger partial charge in [0.1, 0.15) is 24.9 Å². The maximum absolute atomic E-state index is 12.5. The van der Waals surface area contributed by atoms with Crippen molar-refractivity contribution in [2.45, 2.75) is 224 Å². The van der Waals surface area contributed by atoms with Crippen molar-refractivity contribution in [3.8, 4) is 0 Å². The van der Waals surface area contributed by atoms with Gasteiger partial charge in [-0.3, -0.25) is 9.59 Å². The van der Waals surface area contributed by atoms with Gasteiger partial charge in [-0.1, -0.05) is 141 Å². The number of ether oxygens (including phenoxy) is 4. The van der Waals surface area contributed by atoms with E-state index in [1.54, 1.807) is 0 Å². The van der Waals surface area contributed by atoms with E-state index >= 15 is 0 Å². The second-order valence-corrected chi connectivity index (χ2v) is 14.6. The number of hydrogen-bond donors (Lipinski definition) is 2. The highest BCUT2D eigenvalue weighted by Gasteiger charge is 2.47. The smallest absolute Gasteiger partial charge is 0.306 e. The average Bonchev–Trinajstić information content (AvgIpc) is 3.13. The van der Waals surface area contributed by atoms with E-state index in [2.05, 4.69) is 38.2 Å². The Morgan fingerprint density at radius 1 is 0.549 bits per heavy atom. The van der Waals surface area contributed by atoms with E-state index in [1.165, 1.54) is 103 Å². The van der Waals surface area contributed by atoms with Crippen molar-refractivity contribution in [3.63, 3.8) is 0 Å². The Kier molecular flexibility index (Phi) is 31.6. The van der Waals surface area contributed by atoms with Gasteiger partial charge in [-0.05, 0) is 64.2 Å². The second-order valence-electron chi connectivity index (χ2n) is 14.6. The summed E-state index contributed by atoms with van der Waals surface area (Å²) in [6.45, 7) is 4.29. The van der Waals surface area contributed by atoms with Gasteiger partial charge in [0.25, 0.3) is 0 Å². The number of esters is 2. The van der Waals surface area contributed by atoms with Gasteiger partial charge in [0.2, 0.25) is 0 Å². The van der Waals surface area contributed by atoms with Crippen LogP contribution in [0.1, 0.15) is 194 Å². The number of aliphatic hydroxyl groups excluding tert-OH is 2. The summed E-state index contributed by atoms with van der Waals surface area (Å²) in [6.07, 6.45) is 34.5. The third-order valence-corrected chi connectivity index (χ3v) is 9.84. The molecule has 0 amide bonds. The number of carbonyl (C=O) groups excluding carboxylic acids is 2. The van der Waals surface area contributed by atoms with Crippen LogP contribution in [0.25, 0.3) is 0 Å². The summed E-state index contributed by atoms with van der Waals surface area (Å²) in [5, 5.41) is 21.4. The molecule has 298 valence electrons. The quantitative estimate of drug-likeness (QED) is 0.0384. The largest absolute Gasteiger partial charge is 0.463 e. The van der Waals surface area contributed by atoms with Crippen molar-refractivity contribution in [2.75, 3.05) is 13.7 Å². The predicted molar refractivity (Wildman–Crippen MR) is 207 cm³/mol. The Morgan fingerprint density at radius 3 is 1.37 bits per heavy atom. The van der Waals surface area contributed by atoms with Gasteiger partial charge in [0, 0.05) is 20.0 Å². The first kappa shape index (κ1) is 47.3. The molecule has 0 aliphatic carbocycles. The molecule has 0 saturated carbocycles. The van der Waals surface area contributed by atoms with Gasteiger partial charge in [-0.15, -0.1) is 0 Å². The summed E-state index contributed by atoms with van der Waals surface area (Å²) in [4.78, 5) is 24.8. The highest BCUT2D eigenvalue weighted by atomic mass is 16.7. The van der Waals surface area contributed by atoms with Gasteiger partial charge in [-0.2, -0.15) is 0 Å². The minimum Gasteiger partial charge on any atom is -0.463 e. The molecule has 8 nitrogen and oxygen atoms in total. The summed E-state index contributed by atoms with van der Waals surface area (Å²) in [5.41, 5.74) is 0. The molecule has 2 N–H and O–H groups in total. The minimum absolute atomic E-state index is 0.211. The predicted octanol–water partition coefficient (Wildman–Crippen LogP) is 10.6. The number of rotatable bonds is 34. The van der Waals surface area contributed by atoms with Crippen LogP contribution in [0.4, 0.5) is 0 Å². The summed E-state index contributed by atoms with van der Waals surface area (Å²) >= 11 is 0. The molecule has 51 heavy (non-hydrogen) atoms. The van der Waals surface area contributed by atoms with Crippen LogP contribution >= 0.6 is 0 Å². The monoisotopic (exact) mass is 723 g/mol. The lowest BCUT2D eigenvalue weighted by Gasteiger charge is -2.41. The molecule has 8 heteroatoms. The lowest BCUT2D eigenvalue weighted by atomic mass is 9.99. The molecule has 0 radical (unpaired) electrons. The standard InChI is InChI=1S/C43H78O8/c1-4-6-8-10-12-14-16-18-20-22-24-26-28-30-32-34-38(44)49-36-37-40(46)41(47)42(43(48-3)50-37)51-39(45)35-33-31-29-27-25-23-21-19-17-15-13-11-9-7-5-2/h18-21,37,40-43,46-47H,4-17,22-36H2,1-3H3. The van der Waals surface area contributed by atoms with Crippen molar-refractivity contribution < 1.29 is 38.7 Å². The van der Waals surface area contributed by atoms with E-state index in [1.807, 2.05) is 0 Å². The fraction of sp³-hybridized carbons (Fsp3) is 0.860. The average molecular weight is 723 g/mol. The first-order valence-electron chi connectivity index (χ1n) is 21.1. The Labute approximate surface area is 312 Å². The molecule has 1 rings (SSSR count). The van der Waals surface area contributed by atoms with Gasteiger partial charge in [0.05, 0.1) is 0 Å². The fourth-order valence-electron chi connectivity index (χ4n) is 6.50. The third-order valence-electron chi connectivity index (χ3n) is 9.84. The van der Waals surface area contributed by atoms with Gasteiger partial charge >= 0.3 is 11.9 Å². The van der Waals surface area contributed by atoms with Crippen LogP contribution in [0, 0.1) is 0 Å². The van der Waals surface area contributed by atoms with Gasteiger partial charge < -0.3 is 29.2 Å². The zero-order valence-corrected chi connectivity index (χ0v) is 33.0. The molecule has 5 unspecified atom stereocenters. The van der Waals surface area contributed by atoms with E-state index in [0.717, 1.165) is 64.2 Å². The Hall–Kier alpha value is -1.74. The minimum atomic E-state index is -1.42. The molecule has 0 aromatic carbocycles. The lowest BCUT2D eigenvalue weighted by Crippen LogP contribution is -2.60. The van der Waals surface area contributed by atoms with Crippen molar-refractivity contribution in [3.05, 3.63) is 24.3 Å². The van der Waals surface area contributed by atoms with E-state index in [4.69, 9.17) is 18.9 Å². The number of unbranched alkanes of at least 4 members (excludes halogenated alkanes) is 22. The third kappa shape index (κ3) is 25.8. The number of allylic oxidation sites excluding steroid dienone is 4. The Bertz CT molecular complexity index is 870. The van der Waals surface area contributed by atoms with Crippen LogP contribution in [-0.4, -0.2) is 66.6 Å². The van der Waals surface area contributed by atoms with Crippen molar-refractivity contribution >= 4 is 11.9 Å². The summed E-state index contributed by atoms with van der Waals surface area (Å²) in [6, 6.07) is 0. The molecule has 1 aliphatic rings. The highest BCUT2D eigenvalue weighted by molar-refractivity contribution is 5.69. The van der Waals surface area contributed by atoms with Gasteiger partial charge in [0.15, 0.2) is 12.4 Å². The SMILES string of the molecule is CCCCCCCCC=CCCCCCCCC(=O)OCC1OC(OC)C(OC(=O)CCCCCCCC=CCCCCCCCC)C(O)C1O. The number of methoxy groups -OCH3 is 1. The molecule has 0 aromatic rings. The molecular formula is C43H78O8. The van der Waals surface area contributed by atoms with E-state index < -0.39 is 36.7 Å². The zero-order valence-electron chi connectivity index (χ0n) is 33.0. The molecule has 0 spiro atoms. The van der Waals surface area contributed by atoms with Gasteiger partial charge in [-0.25, -0.2) is 0 Å². The molecule has 0 bridgehead atoms. The number of hydrogen-bond acceptors (Lipinski definition) is 8. The summed E-state index contributed by atoms with van der Waals surface area (Å²) in [7, 11) is 1.38. The van der Waals surface area contributed by atoms with E-state index in [9.17, 15) is 19.8 Å². The fourth-order valence-corrected chi connectivity index (χ4v) is 6.50. The van der Waals surface area contributed by atoms with Crippen LogP contribution in [0.15, 0.2) is 24.3 Å². The zero-order chi connectivity index (χ0) is 37.2. The number of carbonyl (C=O) groups is 2. The molecule has 1 saturated heterocycles. The lowest BCUT2D eigenvalue weighted by molar-refractivity contribution is -0.298. The van der Waals surface area contributed by atoms with Crippen LogP contribution in [0.3, 0.4) is 0 Å². The first-order chi connectivity index (χ1) is 24.9. The van der Waals surface area contributed by atoms with Crippen LogP contribution in [0.2, 0.25) is 0 Å². The van der Waals surface area contributed by atoms with Crippen LogP contribution in [-0.2, 0) is 28.5 Å². The highest BCUT2D eigenvalue weighted by Crippen LogP contribution is 2.25. The first-order valence-corrected chi connectivity index (χ1v) is 21.1. The van der Waals surface area contributed by atoms with Crippen molar-refractivity contribution in [2.24, 2.45) is 0 Å². The topological polar surface area (TPSA) is 112 Å². The van der Waals surface area contributed by atoms with Crippen LogP contribution < -0.4 is 0 Å². The summed E-state index contributed by atoms with van der Waals surface area (Å²) in [5.74, 6) is -0.820. The number of aliphatic hydroxyl groups is 2. The maximum Gasteiger partial charge on any atom is 0.306 e. The van der Waals surface area contributed by atoms with Crippen molar-refractivity contribution in [1.82, 2.24) is 0 Å². The van der Waals surface area contributed by atoms with E-state index in [0.29, 0.717) is 12.8 Å². The molecule has 5 atom stereocenters.